The lowest BCUT2D eigenvalue weighted by Crippen LogP contribution is -2.54. The van der Waals surface area contributed by atoms with E-state index in [1.165, 1.54) is 4.31 Å². The van der Waals surface area contributed by atoms with Gasteiger partial charge in [0.1, 0.15) is 0 Å². The van der Waals surface area contributed by atoms with E-state index in [0.29, 0.717) is 26.2 Å². The van der Waals surface area contributed by atoms with Gasteiger partial charge < -0.3 is 10.1 Å². The number of ether oxygens (including phenoxy) is 1. The van der Waals surface area contributed by atoms with Crippen LogP contribution in [0.4, 0.5) is 0 Å². The largest absolute Gasteiger partial charge is 0.383 e. The van der Waals surface area contributed by atoms with Crippen LogP contribution in [-0.2, 0) is 14.9 Å². The van der Waals surface area contributed by atoms with Crippen LogP contribution in [0.3, 0.4) is 0 Å². The molecule has 6 nitrogen and oxygen atoms in total. The van der Waals surface area contributed by atoms with E-state index >= 15 is 0 Å². The van der Waals surface area contributed by atoms with E-state index in [1.54, 1.807) is 7.11 Å². The van der Waals surface area contributed by atoms with Crippen LogP contribution < -0.4 is 10.0 Å². The molecule has 0 radical (unpaired) electrons. The van der Waals surface area contributed by atoms with Gasteiger partial charge >= 0.3 is 0 Å². The predicted octanol–water partition coefficient (Wildman–Crippen LogP) is -0.315. The SMILES string of the molecule is COCC1(CNS(=O)(=O)N2CCCC2)CCCN1. The van der Waals surface area contributed by atoms with Gasteiger partial charge in [-0.25, -0.2) is 4.72 Å². The Morgan fingerprint density at radius 3 is 2.61 bits per heavy atom. The Bertz CT molecular complexity index is 360. The fourth-order valence-corrected chi connectivity index (χ4v) is 4.10. The van der Waals surface area contributed by atoms with Crippen molar-refractivity contribution < 1.29 is 13.2 Å². The molecule has 0 aromatic heterocycles. The minimum atomic E-state index is -3.32. The van der Waals surface area contributed by atoms with Crippen molar-refractivity contribution in [1.29, 1.82) is 0 Å². The van der Waals surface area contributed by atoms with Crippen molar-refractivity contribution in [2.24, 2.45) is 0 Å². The molecule has 1 unspecified atom stereocenters. The zero-order valence-electron chi connectivity index (χ0n) is 10.9. The van der Waals surface area contributed by atoms with Gasteiger partial charge in [-0.15, -0.1) is 0 Å². The molecular formula is C11H23N3O3S. The quantitative estimate of drug-likeness (QED) is 0.698. The third kappa shape index (κ3) is 3.21. The van der Waals surface area contributed by atoms with E-state index in [4.69, 9.17) is 4.74 Å². The molecular weight excluding hydrogens is 254 g/mol. The summed E-state index contributed by atoms with van der Waals surface area (Å²) in [5, 5.41) is 3.36. The van der Waals surface area contributed by atoms with Gasteiger partial charge in [0.15, 0.2) is 0 Å². The van der Waals surface area contributed by atoms with Crippen LogP contribution in [0.15, 0.2) is 0 Å². The molecule has 2 aliphatic rings. The molecule has 18 heavy (non-hydrogen) atoms. The van der Waals surface area contributed by atoms with Crippen molar-refractivity contribution in [3.63, 3.8) is 0 Å². The Morgan fingerprint density at radius 2 is 2.06 bits per heavy atom. The zero-order chi connectivity index (χ0) is 13.1. The number of hydrogen-bond acceptors (Lipinski definition) is 4. The van der Waals surface area contributed by atoms with Gasteiger partial charge in [-0.05, 0) is 32.2 Å². The molecule has 0 amide bonds. The normalized spacial score (nSPS) is 30.1. The smallest absolute Gasteiger partial charge is 0.279 e. The Hall–Kier alpha value is -0.210. The molecule has 0 spiro atoms. The Kier molecular flexibility index (Phi) is 4.60. The average Bonchev–Trinajstić information content (AvgIpc) is 2.99. The lowest BCUT2D eigenvalue weighted by atomic mass is 9.99. The number of hydrogen-bond donors (Lipinski definition) is 2. The van der Waals surface area contributed by atoms with Crippen molar-refractivity contribution in [3.05, 3.63) is 0 Å². The molecule has 2 rings (SSSR count). The Labute approximate surface area is 109 Å². The van der Waals surface area contributed by atoms with Crippen LogP contribution in [0.2, 0.25) is 0 Å². The number of rotatable bonds is 6. The maximum Gasteiger partial charge on any atom is 0.279 e. The maximum absolute atomic E-state index is 12.1. The van der Waals surface area contributed by atoms with Crippen molar-refractivity contribution in [2.75, 3.05) is 39.9 Å². The van der Waals surface area contributed by atoms with E-state index in [2.05, 4.69) is 10.0 Å². The monoisotopic (exact) mass is 277 g/mol. The first-order valence-electron chi connectivity index (χ1n) is 6.57. The highest BCUT2D eigenvalue weighted by Crippen LogP contribution is 2.20. The summed E-state index contributed by atoms with van der Waals surface area (Å²) >= 11 is 0. The molecule has 1 atom stereocenters. The summed E-state index contributed by atoms with van der Waals surface area (Å²) in [4.78, 5) is 0. The van der Waals surface area contributed by atoms with Gasteiger partial charge in [-0.1, -0.05) is 0 Å². The van der Waals surface area contributed by atoms with Crippen molar-refractivity contribution in [2.45, 2.75) is 31.2 Å². The molecule has 0 aromatic rings. The van der Waals surface area contributed by atoms with E-state index < -0.39 is 10.2 Å². The van der Waals surface area contributed by atoms with Gasteiger partial charge in [0.05, 0.1) is 12.1 Å². The van der Waals surface area contributed by atoms with E-state index in [-0.39, 0.29) is 5.54 Å². The molecule has 2 aliphatic heterocycles. The van der Waals surface area contributed by atoms with Gasteiger partial charge in [0.25, 0.3) is 10.2 Å². The fourth-order valence-electron chi connectivity index (χ4n) is 2.72. The van der Waals surface area contributed by atoms with E-state index in [1.807, 2.05) is 0 Å². The first-order valence-corrected chi connectivity index (χ1v) is 8.01. The van der Waals surface area contributed by atoms with Crippen molar-refractivity contribution in [3.8, 4) is 0 Å². The second-order valence-corrected chi connectivity index (χ2v) is 6.93. The van der Waals surface area contributed by atoms with Crippen molar-refractivity contribution >= 4 is 10.2 Å². The molecule has 0 aliphatic carbocycles. The summed E-state index contributed by atoms with van der Waals surface area (Å²) in [5.41, 5.74) is -0.235. The van der Waals surface area contributed by atoms with Crippen LogP contribution in [0.5, 0.6) is 0 Å². The predicted molar refractivity (Wildman–Crippen MR) is 69.6 cm³/mol. The summed E-state index contributed by atoms with van der Waals surface area (Å²) in [7, 11) is -1.67. The average molecular weight is 277 g/mol. The molecule has 7 heteroatoms. The maximum atomic E-state index is 12.1. The number of methoxy groups -OCH3 is 1. The second kappa shape index (κ2) is 5.83. The van der Waals surface area contributed by atoms with Gasteiger partial charge in [-0.2, -0.15) is 12.7 Å². The van der Waals surface area contributed by atoms with Crippen molar-refractivity contribution in [1.82, 2.24) is 14.3 Å². The number of nitrogens with one attached hydrogen (secondary N) is 2. The highest BCUT2D eigenvalue weighted by Gasteiger charge is 2.36. The summed E-state index contributed by atoms with van der Waals surface area (Å²) in [5.74, 6) is 0. The van der Waals surface area contributed by atoms with E-state index in [9.17, 15) is 8.42 Å². The first kappa shape index (κ1) is 14.2. The van der Waals surface area contributed by atoms with Crippen LogP contribution >= 0.6 is 0 Å². The fraction of sp³-hybridized carbons (Fsp3) is 1.00. The third-order valence-electron chi connectivity index (χ3n) is 3.75. The molecule has 0 saturated carbocycles. The lowest BCUT2D eigenvalue weighted by molar-refractivity contribution is 0.122. The van der Waals surface area contributed by atoms with Crippen LogP contribution in [0.25, 0.3) is 0 Å². The van der Waals surface area contributed by atoms with Gasteiger partial charge in [0.2, 0.25) is 0 Å². The summed E-state index contributed by atoms with van der Waals surface area (Å²) in [6, 6.07) is 0. The van der Waals surface area contributed by atoms with Crippen LogP contribution in [0, 0.1) is 0 Å². The van der Waals surface area contributed by atoms with Gasteiger partial charge in [-0.3, -0.25) is 0 Å². The number of nitrogens with zero attached hydrogens (tertiary/aromatic N) is 1. The molecule has 2 N–H and O–H groups in total. The zero-order valence-corrected chi connectivity index (χ0v) is 11.8. The standard InChI is InChI=1S/C11H23N3O3S/c1-17-10-11(5-4-6-12-11)9-13-18(15,16)14-7-2-3-8-14/h12-13H,2-10H2,1H3. The first-order chi connectivity index (χ1) is 8.58. The molecule has 0 aromatic carbocycles. The van der Waals surface area contributed by atoms with Crippen LogP contribution in [-0.4, -0.2) is 58.2 Å². The lowest BCUT2D eigenvalue weighted by Gasteiger charge is -2.29. The highest BCUT2D eigenvalue weighted by molar-refractivity contribution is 7.87. The van der Waals surface area contributed by atoms with Gasteiger partial charge in [0, 0.05) is 26.7 Å². The summed E-state index contributed by atoms with van der Waals surface area (Å²) in [6.45, 7) is 3.14. The minimum Gasteiger partial charge on any atom is -0.383 e. The molecule has 106 valence electrons. The van der Waals surface area contributed by atoms with E-state index in [0.717, 1.165) is 32.2 Å². The molecule has 2 fully saturated rings. The topological polar surface area (TPSA) is 70.7 Å². The molecule has 2 heterocycles. The third-order valence-corrected chi connectivity index (χ3v) is 5.30. The van der Waals surface area contributed by atoms with Crippen LogP contribution in [0.1, 0.15) is 25.7 Å². The highest BCUT2D eigenvalue weighted by atomic mass is 32.2. The molecule has 2 saturated heterocycles. The summed E-state index contributed by atoms with van der Waals surface area (Å²) < 4.78 is 33.6. The minimum absolute atomic E-state index is 0.235. The molecule has 0 bridgehead atoms. The Morgan fingerprint density at radius 1 is 1.33 bits per heavy atom. The Balaban J connectivity index is 1.92. The second-order valence-electron chi connectivity index (χ2n) is 5.18. The summed E-state index contributed by atoms with van der Waals surface area (Å²) in [6.07, 6.45) is 3.93.